The average Bonchev–Trinajstić information content (AvgIpc) is 2.68. The maximum atomic E-state index is 13.0. The van der Waals surface area contributed by atoms with Crippen LogP contribution in [0.25, 0.3) is 17.0 Å². The highest BCUT2D eigenvalue weighted by Gasteiger charge is 2.11. The van der Waals surface area contributed by atoms with Gasteiger partial charge >= 0.3 is 5.97 Å². The van der Waals surface area contributed by atoms with E-state index in [2.05, 4.69) is 5.32 Å². The number of nitrogens with one attached hydrogen (secondary N) is 1. The summed E-state index contributed by atoms with van der Waals surface area (Å²) in [5.74, 6) is -1.99. The van der Waals surface area contributed by atoms with Crippen molar-refractivity contribution in [3.05, 3.63) is 41.5 Å². The number of aliphatic carboxylic acids is 1. The van der Waals surface area contributed by atoms with Crippen LogP contribution in [0.5, 0.6) is 0 Å². The van der Waals surface area contributed by atoms with Gasteiger partial charge in [0.2, 0.25) is 5.91 Å². The van der Waals surface area contributed by atoms with Crippen LogP contribution in [0.2, 0.25) is 0 Å². The van der Waals surface area contributed by atoms with Gasteiger partial charge in [-0.3, -0.25) is 4.79 Å². The van der Waals surface area contributed by atoms with Gasteiger partial charge in [-0.05, 0) is 24.3 Å². The Morgan fingerprint density at radius 2 is 2.11 bits per heavy atom. The predicted octanol–water partition coefficient (Wildman–Crippen LogP) is 2.13. The monoisotopic (exact) mass is 263 g/mol. The first kappa shape index (κ1) is 12.8. The Hall–Kier alpha value is -2.63. The summed E-state index contributed by atoms with van der Waals surface area (Å²) >= 11 is 0. The number of fused-ring (bicyclic) bond motifs is 1. The second-order valence-corrected chi connectivity index (χ2v) is 3.88. The normalized spacial score (nSPS) is 11.6. The molecule has 0 unspecified atom stereocenters. The smallest absolute Gasteiger partial charge is 0.352 e. The maximum Gasteiger partial charge on any atom is 0.352 e. The Morgan fingerprint density at radius 3 is 2.74 bits per heavy atom. The number of halogens is 1. The van der Waals surface area contributed by atoms with Gasteiger partial charge in [0.1, 0.15) is 22.9 Å². The van der Waals surface area contributed by atoms with Gasteiger partial charge in [-0.2, -0.15) is 0 Å². The summed E-state index contributed by atoms with van der Waals surface area (Å²) in [5, 5.41) is 11.6. The molecule has 1 aromatic carbocycles. The molecule has 1 aromatic heterocycles. The van der Waals surface area contributed by atoms with Crippen LogP contribution in [0.3, 0.4) is 0 Å². The quantitative estimate of drug-likeness (QED) is 0.831. The third-order valence-electron chi connectivity index (χ3n) is 2.33. The van der Waals surface area contributed by atoms with E-state index in [9.17, 15) is 14.0 Å². The van der Waals surface area contributed by atoms with Gasteiger partial charge in [-0.1, -0.05) is 0 Å². The molecule has 6 heteroatoms. The minimum Gasteiger partial charge on any atom is -0.477 e. The van der Waals surface area contributed by atoms with E-state index in [0.717, 1.165) is 0 Å². The third kappa shape index (κ3) is 2.98. The van der Waals surface area contributed by atoms with Crippen molar-refractivity contribution < 1.29 is 23.5 Å². The van der Waals surface area contributed by atoms with Crippen LogP contribution in [0.15, 0.2) is 34.4 Å². The van der Waals surface area contributed by atoms with Crippen LogP contribution >= 0.6 is 0 Å². The molecule has 2 aromatic rings. The first-order chi connectivity index (χ1) is 8.95. The molecule has 1 heterocycles. The van der Waals surface area contributed by atoms with Crippen LogP contribution in [0.4, 0.5) is 4.39 Å². The van der Waals surface area contributed by atoms with E-state index in [0.29, 0.717) is 11.0 Å². The molecule has 0 bridgehead atoms. The molecule has 0 atom stereocenters. The summed E-state index contributed by atoms with van der Waals surface area (Å²) in [6, 6.07) is 5.45. The molecular weight excluding hydrogens is 253 g/mol. The van der Waals surface area contributed by atoms with E-state index in [4.69, 9.17) is 9.52 Å². The van der Waals surface area contributed by atoms with Crippen molar-refractivity contribution >= 4 is 28.9 Å². The molecule has 98 valence electrons. The van der Waals surface area contributed by atoms with Crippen molar-refractivity contribution in [2.24, 2.45) is 0 Å². The number of furan rings is 1. The van der Waals surface area contributed by atoms with Gasteiger partial charge in [0.15, 0.2) is 0 Å². The Labute approximate surface area is 107 Å². The summed E-state index contributed by atoms with van der Waals surface area (Å²) in [7, 11) is 0. The standard InChI is InChI=1S/C13H10FNO4/c1-7(16)15-11(13(17)18)6-10-5-8-4-9(14)2-3-12(8)19-10/h2-6H,1H3,(H,15,16)(H,17,18)/b11-6+. The highest BCUT2D eigenvalue weighted by Crippen LogP contribution is 2.21. The minimum atomic E-state index is -1.29. The van der Waals surface area contributed by atoms with Crippen LogP contribution in [-0.2, 0) is 9.59 Å². The third-order valence-corrected chi connectivity index (χ3v) is 2.33. The molecule has 0 aliphatic carbocycles. The van der Waals surface area contributed by atoms with Gasteiger partial charge in [0.05, 0.1) is 0 Å². The lowest BCUT2D eigenvalue weighted by Crippen LogP contribution is -2.24. The summed E-state index contributed by atoms with van der Waals surface area (Å²) in [4.78, 5) is 21.8. The van der Waals surface area contributed by atoms with Crippen LogP contribution < -0.4 is 5.32 Å². The second kappa shape index (κ2) is 4.93. The predicted molar refractivity (Wildman–Crippen MR) is 65.6 cm³/mol. The minimum absolute atomic E-state index is 0.215. The maximum absolute atomic E-state index is 13.0. The summed E-state index contributed by atoms with van der Waals surface area (Å²) in [6.07, 6.45) is 1.17. The zero-order valence-corrected chi connectivity index (χ0v) is 9.94. The first-order valence-electron chi connectivity index (χ1n) is 5.37. The largest absolute Gasteiger partial charge is 0.477 e. The second-order valence-electron chi connectivity index (χ2n) is 3.88. The highest BCUT2D eigenvalue weighted by molar-refractivity contribution is 5.96. The molecular formula is C13H10FNO4. The molecule has 2 rings (SSSR count). The van der Waals surface area contributed by atoms with E-state index < -0.39 is 17.7 Å². The number of hydrogen-bond acceptors (Lipinski definition) is 3. The Bertz CT molecular complexity index is 687. The molecule has 19 heavy (non-hydrogen) atoms. The number of amides is 1. The SMILES string of the molecule is CC(=O)N/C(=C/c1cc2cc(F)ccc2o1)C(=O)O. The zero-order valence-electron chi connectivity index (χ0n) is 9.94. The molecule has 0 fully saturated rings. The molecule has 1 amide bonds. The summed E-state index contributed by atoms with van der Waals surface area (Å²) in [6.45, 7) is 1.20. The number of rotatable bonds is 3. The lowest BCUT2D eigenvalue weighted by atomic mass is 10.2. The fourth-order valence-corrected chi connectivity index (χ4v) is 1.59. The topological polar surface area (TPSA) is 79.5 Å². The Kier molecular flexibility index (Phi) is 3.33. The molecule has 0 saturated heterocycles. The van der Waals surface area contributed by atoms with E-state index in [-0.39, 0.29) is 11.5 Å². The number of benzene rings is 1. The molecule has 2 N–H and O–H groups in total. The Morgan fingerprint density at radius 1 is 1.37 bits per heavy atom. The van der Waals surface area contributed by atoms with Gasteiger partial charge in [-0.15, -0.1) is 0 Å². The first-order valence-corrected chi connectivity index (χ1v) is 5.37. The number of carbonyl (C=O) groups is 2. The van der Waals surface area contributed by atoms with E-state index in [1.54, 1.807) is 0 Å². The van der Waals surface area contributed by atoms with Crippen LogP contribution in [0, 0.1) is 5.82 Å². The average molecular weight is 263 g/mol. The molecule has 0 saturated carbocycles. The molecule has 0 aliphatic heterocycles. The van der Waals surface area contributed by atoms with E-state index in [1.165, 1.54) is 37.3 Å². The molecule has 0 aliphatic rings. The summed E-state index contributed by atoms with van der Waals surface area (Å²) in [5.41, 5.74) is 0.118. The van der Waals surface area contributed by atoms with E-state index >= 15 is 0 Å². The number of carbonyl (C=O) groups excluding carboxylic acids is 1. The fraction of sp³-hybridized carbons (Fsp3) is 0.0769. The zero-order chi connectivity index (χ0) is 14.0. The summed E-state index contributed by atoms with van der Waals surface area (Å²) < 4.78 is 18.3. The van der Waals surface area contributed by atoms with Gasteiger partial charge < -0.3 is 14.8 Å². The molecule has 5 nitrogen and oxygen atoms in total. The number of hydrogen-bond donors (Lipinski definition) is 2. The van der Waals surface area contributed by atoms with Crippen molar-refractivity contribution in [1.82, 2.24) is 5.32 Å². The van der Waals surface area contributed by atoms with Crippen molar-refractivity contribution in [1.29, 1.82) is 0 Å². The lowest BCUT2D eigenvalue weighted by molar-refractivity contribution is -0.134. The van der Waals surface area contributed by atoms with Crippen molar-refractivity contribution in [3.8, 4) is 0 Å². The highest BCUT2D eigenvalue weighted by atomic mass is 19.1. The fourth-order valence-electron chi connectivity index (χ4n) is 1.59. The van der Waals surface area contributed by atoms with Crippen molar-refractivity contribution in [3.63, 3.8) is 0 Å². The lowest BCUT2D eigenvalue weighted by Gasteiger charge is -2.00. The van der Waals surface area contributed by atoms with Gasteiger partial charge in [0.25, 0.3) is 0 Å². The number of carboxylic acid groups (broad SMARTS) is 1. The van der Waals surface area contributed by atoms with Gasteiger partial charge in [-0.25, -0.2) is 9.18 Å². The molecule has 0 spiro atoms. The number of carboxylic acids is 1. The van der Waals surface area contributed by atoms with Crippen LogP contribution in [-0.4, -0.2) is 17.0 Å². The van der Waals surface area contributed by atoms with Crippen molar-refractivity contribution in [2.45, 2.75) is 6.92 Å². The van der Waals surface area contributed by atoms with Crippen molar-refractivity contribution in [2.75, 3.05) is 0 Å². The Balaban J connectivity index is 2.42. The van der Waals surface area contributed by atoms with E-state index in [1.807, 2.05) is 0 Å². The van der Waals surface area contributed by atoms with Gasteiger partial charge in [0, 0.05) is 18.4 Å². The van der Waals surface area contributed by atoms with Crippen LogP contribution in [0.1, 0.15) is 12.7 Å². The molecule has 0 radical (unpaired) electrons.